The topological polar surface area (TPSA) is 51.2 Å². The average molecular weight is 180 g/mol. The van der Waals surface area contributed by atoms with Gasteiger partial charge in [0.2, 0.25) is 0 Å². The van der Waals surface area contributed by atoms with Crippen LogP contribution in [-0.4, -0.2) is 6.18 Å². The summed E-state index contributed by atoms with van der Waals surface area (Å²) in [6.07, 6.45) is -3.28. The Kier molecular flexibility index (Phi) is 2.39. The van der Waals surface area contributed by atoms with Crippen molar-refractivity contribution in [2.75, 3.05) is 0 Å². The van der Waals surface area contributed by atoms with Crippen LogP contribution in [0.1, 0.15) is 11.8 Å². The van der Waals surface area contributed by atoms with Gasteiger partial charge in [-0.3, -0.25) is 5.84 Å². The first-order valence-corrected chi connectivity index (χ1v) is 3.12. The number of hydrogen-bond donors (Lipinski definition) is 2. The molecule has 0 radical (unpaired) electrons. The molecule has 1 aromatic rings. The predicted molar refractivity (Wildman–Crippen MR) is 34.8 cm³/mol. The predicted octanol–water partition coefficient (Wildman–Crippen LogP) is 1.35. The summed E-state index contributed by atoms with van der Waals surface area (Å²) < 4.78 is 40.8. The highest BCUT2D eigenvalue weighted by molar-refractivity contribution is 5.06. The van der Waals surface area contributed by atoms with Crippen molar-refractivity contribution in [3.8, 4) is 0 Å². The lowest BCUT2D eigenvalue weighted by molar-refractivity contribution is -0.161. The third-order valence-electron chi connectivity index (χ3n) is 1.32. The standard InChI is InChI=1S/C6H7F3N2O/c7-6(8,9)5(11-10)4-2-1-3-12-4/h1-3,5,11H,10H2. The van der Waals surface area contributed by atoms with Crippen molar-refractivity contribution in [3.05, 3.63) is 24.2 Å². The first kappa shape index (κ1) is 9.08. The van der Waals surface area contributed by atoms with Gasteiger partial charge in [-0.05, 0) is 12.1 Å². The van der Waals surface area contributed by atoms with E-state index >= 15 is 0 Å². The molecule has 68 valence electrons. The Hall–Kier alpha value is -1.01. The first-order chi connectivity index (χ1) is 5.55. The third-order valence-corrected chi connectivity index (χ3v) is 1.32. The molecule has 6 heteroatoms. The number of hydrogen-bond acceptors (Lipinski definition) is 3. The molecule has 0 aliphatic heterocycles. The zero-order chi connectivity index (χ0) is 9.19. The maximum Gasteiger partial charge on any atom is 0.412 e. The molecule has 0 spiro atoms. The summed E-state index contributed by atoms with van der Waals surface area (Å²) in [5.41, 5.74) is 1.63. The van der Waals surface area contributed by atoms with Gasteiger partial charge in [-0.2, -0.15) is 13.2 Å². The number of rotatable bonds is 2. The minimum atomic E-state index is -4.44. The molecule has 1 aromatic heterocycles. The van der Waals surface area contributed by atoms with Gasteiger partial charge in [0, 0.05) is 0 Å². The van der Waals surface area contributed by atoms with Crippen molar-refractivity contribution in [3.63, 3.8) is 0 Å². The van der Waals surface area contributed by atoms with E-state index in [-0.39, 0.29) is 5.76 Å². The van der Waals surface area contributed by atoms with Crippen molar-refractivity contribution in [2.24, 2.45) is 5.84 Å². The van der Waals surface area contributed by atoms with E-state index in [2.05, 4.69) is 4.42 Å². The van der Waals surface area contributed by atoms with Crippen LogP contribution in [0, 0.1) is 0 Å². The Bertz CT molecular complexity index is 231. The molecule has 0 saturated carbocycles. The van der Waals surface area contributed by atoms with Gasteiger partial charge in [-0.15, -0.1) is 0 Å². The zero-order valence-corrected chi connectivity index (χ0v) is 5.93. The molecule has 1 heterocycles. The molecule has 1 unspecified atom stereocenters. The lowest BCUT2D eigenvalue weighted by Gasteiger charge is -2.16. The SMILES string of the molecule is NNC(c1ccco1)C(F)(F)F. The molecule has 0 amide bonds. The van der Waals surface area contributed by atoms with E-state index in [0.717, 1.165) is 6.26 Å². The van der Waals surface area contributed by atoms with Gasteiger partial charge >= 0.3 is 6.18 Å². The Morgan fingerprint density at radius 2 is 2.17 bits per heavy atom. The summed E-state index contributed by atoms with van der Waals surface area (Å²) in [4.78, 5) is 0. The van der Waals surface area contributed by atoms with E-state index < -0.39 is 12.2 Å². The normalized spacial score (nSPS) is 14.7. The van der Waals surface area contributed by atoms with Crippen LogP contribution in [0.2, 0.25) is 0 Å². The van der Waals surface area contributed by atoms with Crippen molar-refractivity contribution in [1.82, 2.24) is 5.43 Å². The highest BCUT2D eigenvalue weighted by Crippen LogP contribution is 2.31. The Labute approximate surface area is 66.3 Å². The number of alkyl halides is 3. The molecule has 1 atom stereocenters. The molecule has 0 aromatic carbocycles. The second kappa shape index (κ2) is 3.16. The smallest absolute Gasteiger partial charge is 0.412 e. The number of nitrogens with two attached hydrogens (primary N) is 1. The number of furan rings is 1. The quantitative estimate of drug-likeness (QED) is 0.533. The minimum absolute atomic E-state index is 0.245. The van der Waals surface area contributed by atoms with E-state index in [1.165, 1.54) is 12.1 Å². The number of halogens is 3. The summed E-state index contributed by atoms with van der Waals surface area (Å²) in [7, 11) is 0. The van der Waals surface area contributed by atoms with Crippen molar-refractivity contribution < 1.29 is 17.6 Å². The van der Waals surface area contributed by atoms with Gasteiger partial charge < -0.3 is 4.42 Å². The molecule has 12 heavy (non-hydrogen) atoms. The number of hydrazine groups is 1. The summed E-state index contributed by atoms with van der Waals surface area (Å²) in [6, 6.07) is 0.635. The van der Waals surface area contributed by atoms with Crippen LogP contribution in [0.4, 0.5) is 13.2 Å². The molecule has 0 saturated heterocycles. The van der Waals surface area contributed by atoms with E-state index in [9.17, 15) is 13.2 Å². The van der Waals surface area contributed by atoms with E-state index in [0.29, 0.717) is 0 Å². The van der Waals surface area contributed by atoms with Gasteiger partial charge in [0.15, 0.2) is 6.04 Å². The van der Waals surface area contributed by atoms with Crippen LogP contribution in [-0.2, 0) is 0 Å². The fourth-order valence-corrected chi connectivity index (χ4v) is 0.793. The Morgan fingerprint density at radius 1 is 1.50 bits per heavy atom. The highest BCUT2D eigenvalue weighted by Gasteiger charge is 2.41. The zero-order valence-electron chi connectivity index (χ0n) is 5.93. The van der Waals surface area contributed by atoms with Gasteiger partial charge in [0.25, 0.3) is 0 Å². The monoisotopic (exact) mass is 180 g/mol. The fraction of sp³-hybridized carbons (Fsp3) is 0.333. The average Bonchev–Trinajstić information content (AvgIpc) is 2.38. The largest absolute Gasteiger partial charge is 0.467 e. The maximum atomic E-state index is 12.1. The van der Waals surface area contributed by atoms with E-state index in [1.807, 2.05) is 0 Å². The Morgan fingerprint density at radius 3 is 2.50 bits per heavy atom. The summed E-state index contributed by atoms with van der Waals surface area (Å²) in [5, 5.41) is 0. The molecule has 0 aliphatic carbocycles. The van der Waals surface area contributed by atoms with Gasteiger partial charge in [0.1, 0.15) is 5.76 Å². The second-order valence-electron chi connectivity index (χ2n) is 2.16. The van der Waals surface area contributed by atoms with Crippen LogP contribution in [0.25, 0.3) is 0 Å². The van der Waals surface area contributed by atoms with Crippen molar-refractivity contribution in [2.45, 2.75) is 12.2 Å². The van der Waals surface area contributed by atoms with Gasteiger partial charge in [-0.25, -0.2) is 5.43 Å². The summed E-state index contributed by atoms with van der Waals surface area (Å²) >= 11 is 0. The van der Waals surface area contributed by atoms with E-state index in [1.54, 1.807) is 5.43 Å². The lowest BCUT2D eigenvalue weighted by atomic mass is 10.2. The van der Waals surface area contributed by atoms with Crippen LogP contribution in [0.3, 0.4) is 0 Å². The first-order valence-electron chi connectivity index (χ1n) is 3.12. The van der Waals surface area contributed by atoms with Crippen molar-refractivity contribution >= 4 is 0 Å². The summed E-state index contributed by atoms with van der Waals surface area (Å²) in [5.74, 6) is 4.47. The lowest BCUT2D eigenvalue weighted by Crippen LogP contribution is -2.38. The molecule has 3 N–H and O–H groups in total. The molecular formula is C6H7F3N2O. The van der Waals surface area contributed by atoms with Crippen LogP contribution in [0.15, 0.2) is 22.8 Å². The molecule has 0 fully saturated rings. The van der Waals surface area contributed by atoms with Crippen molar-refractivity contribution in [1.29, 1.82) is 0 Å². The fourth-order valence-electron chi connectivity index (χ4n) is 0.793. The van der Waals surface area contributed by atoms with Gasteiger partial charge in [0.05, 0.1) is 6.26 Å². The molecular weight excluding hydrogens is 173 g/mol. The van der Waals surface area contributed by atoms with E-state index in [4.69, 9.17) is 5.84 Å². The van der Waals surface area contributed by atoms with Crippen LogP contribution < -0.4 is 11.3 Å². The van der Waals surface area contributed by atoms with Crippen LogP contribution >= 0.6 is 0 Å². The minimum Gasteiger partial charge on any atom is -0.467 e. The van der Waals surface area contributed by atoms with Crippen LogP contribution in [0.5, 0.6) is 0 Å². The highest BCUT2D eigenvalue weighted by atomic mass is 19.4. The molecule has 0 aliphatic rings. The molecule has 1 rings (SSSR count). The summed E-state index contributed by atoms with van der Waals surface area (Å²) in [6.45, 7) is 0. The molecule has 3 nitrogen and oxygen atoms in total. The third kappa shape index (κ3) is 1.77. The maximum absolute atomic E-state index is 12.1. The Balaban J connectivity index is 2.84. The molecule has 0 bridgehead atoms. The second-order valence-corrected chi connectivity index (χ2v) is 2.16. The van der Waals surface area contributed by atoms with Gasteiger partial charge in [-0.1, -0.05) is 0 Å². The number of nitrogens with one attached hydrogen (secondary N) is 1.